The fourth-order valence-electron chi connectivity index (χ4n) is 4.64. The first-order valence-electron chi connectivity index (χ1n) is 11.1. The van der Waals surface area contributed by atoms with Crippen LogP contribution in [0.5, 0.6) is 0 Å². The Hall–Kier alpha value is -3.48. The molecule has 1 unspecified atom stereocenters. The molecule has 6 nitrogen and oxygen atoms in total. The second-order valence-corrected chi connectivity index (χ2v) is 8.44. The SMILES string of the molecule is O=C1Nc2ccccc2C1CCCC(=O)N1CCCn2nc(-c3cccc(F)c3)cc2C1. The van der Waals surface area contributed by atoms with Gasteiger partial charge in [0, 0.05) is 30.8 Å². The molecule has 2 amide bonds. The summed E-state index contributed by atoms with van der Waals surface area (Å²) in [6.45, 7) is 1.91. The van der Waals surface area contributed by atoms with Gasteiger partial charge in [0.15, 0.2) is 0 Å². The topological polar surface area (TPSA) is 67.2 Å². The van der Waals surface area contributed by atoms with Crippen LogP contribution in [0.3, 0.4) is 0 Å². The highest BCUT2D eigenvalue weighted by atomic mass is 19.1. The molecule has 0 spiro atoms. The van der Waals surface area contributed by atoms with Crippen molar-refractivity contribution in [3.8, 4) is 11.3 Å². The maximum atomic E-state index is 13.6. The van der Waals surface area contributed by atoms with Gasteiger partial charge in [-0.25, -0.2) is 4.39 Å². The number of hydrogen-bond donors (Lipinski definition) is 1. The van der Waals surface area contributed by atoms with Crippen molar-refractivity contribution in [2.24, 2.45) is 0 Å². The zero-order valence-electron chi connectivity index (χ0n) is 17.8. The van der Waals surface area contributed by atoms with Crippen molar-refractivity contribution in [3.63, 3.8) is 0 Å². The number of rotatable bonds is 5. The van der Waals surface area contributed by atoms with E-state index in [1.165, 1.54) is 12.1 Å². The van der Waals surface area contributed by atoms with Crippen molar-refractivity contribution in [1.82, 2.24) is 14.7 Å². The Labute approximate surface area is 186 Å². The molecule has 3 heterocycles. The summed E-state index contributed by atoms with van der Waals surface area (Å²) in [7, 11) is 0. The molecule has 1 N–H and O–H groups in total. The van der Waals surface area contributed by atoms with E-state index < -0.39 is 0 Å². The van der Waals surface area contributed by atoms with E-state index in [1.54, 1.807) is 6.07 Å². The smallest absolute Gasteiger partial charge is 0.232 e. The number of fused-ring (bicyclic) bond motifs is 2. The third kappa shape index (κ3) is 4.02. The van der Waals surface area contributed by atoms with E-state index in [4.69, 9.17) is 0 Å². The normalized spacial score (nSPS) is 17.5. The molecule has 0 radical (unpaired) electrons. The van der Waals surface area contributed by atoms with Crippen LogP contribution >= 0.6 is 0 Å². The van der Waals surface area contributed by atoms with Crippen LogP contribution in [0.25, 0.3) is 11.3 Å². The van der Waals surface area contributed by atoms with Gasteiger partial charge in [0.1, 0.15) is 5.82 Å². The van der Waals surface area contributed by atoms with Crippen LogP contribution in [0.15, 0.2) is 54.6 Å². The van der Waals surface area contributed by atoms with Crippen LogP contribution in [-0.2, 0) is 22.7 Å². The predicted octanol–water partition coefficient (Wildman–Crippen LogP) is 4.33. The van der Waals surface area contributed by atoms with Crippen LogP contribution in [0.1, 0.15) is 42.9 Å². The molecule has 2 aliphatic heterocycles. The maximum Gasteiger partial charge on any atom is 0.232 e. The molecule has 1 aromatic heterocycles. The lowest BCUT2D eigenvalue weighted by Gasteiger charge is -2.20. The molecular weight excluding hydrogens is 407 g/mol. The van der Waals surface area contributed by atoms with Crippen molar-refractivity contribution in [2.45, 2.75) is 44.7 Å². The Balaban J connectivity index is 1.22. The first-order valence-corrected chi connectivity index (χ1v) is 11.1. The molecule has 0 fully saturated rings. The number of anilines is 1. The van der Waals surface area contributed by atoms with Crippen molar-refractivity contribution >= 4 is 17.5 Å². The second-order valence-electron chi connectivity index (χ2n) is 8.44. The number of halogens is 1. The number of amides is 2. The lowest BCUT2D eigenvalue weighted by molar-refractivity contribution is -0.132. The first-order chi connectivity index (χ1) is 15.6. The highest BCUT2D eigenvalue weighted by molar-refractivity contribution is 6.02. The van der Waals surface area contributed by atoms with E-state index in [0.29, 0.717) is 32.4 Å². The average Bonchev–Trinajstić information content (AvgIpc) is 3.26. The maximum absolute atomic E-state index is 13.6. The second kappa shape index (κ2) is 8.57. The van der Waals surface area contributed by atoms with Gasteiger partial charge in [0.25, 0.3) is 0 Å². The number of nitrogens with zero attached hydrogens (tertiary/aromatic N) is 3. The van der Waals surface area contributed by atoms with Crippen LogP contribution in [0.2, 0.25) is 0 Å². The monoisotopic (exact) mass is 432 g/mol. The molecule has 0 bridgehead atoms. The molecule has 5 rings (SSSR count). The summed E-state index contributed by atoms with van der Waals surface area (Å²) in [5.41, 5.74) is 4.31. The van der Waals surface area contributed by atoms with Crippen LogP contribution in [0.4, 0.5) is 10.1 Å². The minimum Gasteiger partial charge on any atom is -0.337 e. The Morgan fingerprint density at radius 2 is 2.00 bits per heavy atom. The summed E-state index contributed by atoms with van der Waals surface area (Å²) in [6.07, 6.45) is 2.55. The van der Waals surface area contributed by atoms with Crippen LogP contribution < -0.4 is 5.32 Å². The number of nitrogens with one attached hydrogen (secondary N) is 1. The van der Waals surface area contributed by atoms with E-state index in [9.17, 15) is 14.0 Å². The zero-order valence-corrected chi connectivity index (χ0v) is 17.8. The standard InChI is InChI=1S/C25H25FN4O2/c26-18-7-3-6-17(14-18)23-15-19-16-29(12-5-13-30(19)28-23)24(31)11-4-9-21-20-8-1-2-10-22(20)27-25(21)32/h1-3,6-8,10,14-15,21H,4-5,9,11-13,16H2,(H,27,32). The number of aromatic nitrogens is 2. The van der Waals surface area contributed by atoms with Crippen molar-refractivity contribution in [3.05, 3.63) is 71.7 Å². The van der Waals surface area contributed by atoms with Gasteiger partial charge in [-0.1, -0.05) is 30.3 Å². The molecule has 164 valence electrons. The molecule has 3 aromatic rings. The number of benzene rings is 2. The highest BCUT2D eigenvalue weighted by Crippen LogP contribution is 2.35. The van der Waals surface area contributed by atoms with E-state index >= 15 is 0 Å². The van der Waals surface area contributed by atoms with E-state index in [1.807, 2.05) is 46.0 Å². The molecule has 1 atom stereocenters. The fourth-order valence-corrected chi connectivity index (χ4v) is 4.64. The molecule has 0 aliphatic carbocycles. The van der Waals surface area contributed by atoms with Crippen molar-refractivity contribution < 1.29 is 14.0 Å². The number of aryl methyl sites for hydroxylation is 1. The summed E-state index contributed by atoms with van der Waals surface area (Å²) >= 11 is 0. The predicted molar refractivity (Wildman–Crippen MR) is 119 cm³/mol. The molecule has 2 aliphatic rings. The van der Waals surface area contributed by atoms with E-state index in [-0.39, 0.29) is 23.5 Å². The summed E-state index contributed by atoms with van der Waals surface area (Å²) in [6, 6.07) is 16.1. The summed E-state index contributed by atoms with van der Waals surface area (Å²) in [4.78, 5) is 27.1. The molecule has 2 aromatic carbocycles. The number of carbonyl (C=O) groups excluding carboxylic acids is 2. The number of para-hydroxylation sites is 1. The third-order valence-corrected chi connectivity index (χ3v) is 6.28. The van der Waals surface area contributed by atoms with Gasteiger partial charge in [0.2, 0.25) is 11.8 Å². The van der Waals surface area contributed by atoms with E-state index in [0.717, 1.165) is 41.2 Å². The van der Waals surface area contributed by atoms with Crippen molar-refractivity contribution in [1.29, 1.82) is 0 Å². The number of carbonyl (C=O) groups is 2. The van der Waals surface area contributed by atoms with Gasteiger partial charge in [-0.2, -0.15) is 5.10 Å². The number of hydrogen-bond acceptors (Lipinski definition) is 3. The molecular formula is C25H25FN4O2. The van der Waals surface area contributed by atoms with Gasteiger partial charge < -0.3 is 10.2 Å². The van der Waals surface area contributed by atoms with E-state index in [2.05, 4.69) is 10.4 Å². The summed E-state index contributed by atoms with van der Waals surface area (Å²) in [5, 5.41) is 7.55. The summed E-state index contributed by atoms with van der Waals surface area (Å²) < 4.78 is 15.5. The average molecular weight is 432 g/mol. The largest absolute Gasteiger partial charge is 0.337 e. The molecule has 7 heteroatoms. The molecule has 0 saturated carbocycles. The zero-order chi connectivity index (χ0) is 22.1. The Bertz CT molecular complexity index is 1170. The van der Waals surface area contributed by atoms with Crippen LogP contribution in [-0.4, -0.2) is 33.0 Å². The highest BCUT2D eigenvalue weighted by Gasteiger charge is 2.30. The van der Waals surface area contributed by atoms with Crippen molar-refractivity contribution in [2.75, 3.05) is 11.9 Å². The Morgan fingerprint density at radius 1 is 1.12 bits per heavy atom. The first kappa shape index (κ1) is 20.4. The third-order valence-electron chi connectivity index (χ3n) is 6.28. The fraction of sp³-hybridized carbons (Fsp3) is 0.320. The Morgan fingerprint density at radius 3 is 2.88 bits per heavy atom. The molecule has 32 heavy (non-hydrogen) atoms. The van der Waals surface area contributed by atoms with Gasteiger partial charge >= 0.3 is 0 Å². The quantitative estimate of drug-likeness (QED) is 0.653. The van der Waals surface area contributed by atoms with Gasteiger partial charge in [-0.05, 0) is 49.1 Å². The lowest BCUT2D eigenvalue weighted by atomic mass is 9.95. The van der Waals surface area contributed by atoms with Gasteiger partial charge in [-0.3, -0.25) is 14.3 Å². The van der Waals surface area contributed by atoms with Gasteiger partial charge in [-0.15, -0.1) is 0 Å². The minimum absolute atomic E-state index is 0.0159. The molecule has 0 saturated heterocycles. The summed E-state index contributed by atoms with van der Waals surface area (Å²) in [5.74, 6) is -0.361. The Kier molecular flexibility index (Phi) is 5.47. The minimum atomic E-state index is -0.291. The van der Waals surface area contributed by atoms with Crippen LogP contribution in [0, 0.1) is 5.82 Å². The lowest BCUT2D eigenvalue weighted by Crippen LogP contribution is -2.30. The van der Waals surface area contributed by atoms with Gasteiger partial charge in [0.05, 0.1) is 23.9 Å².